The van der Waals surface area contributed by atoms with E-state index < -0.39 is 29.1 Å². The zero-order valence-corrected chi connectivity index (χ0v) is 10.4. The lowest BCUT2D eigenvalue weighted by molar-refractivity contribution is -0.384. The molecule has 2 atom stereocenters. The van der Waals surface area contributed by atoms with E-state index in [1.807, 2.05) is 5.32 Å². The first kappa shape index (κ1) is 15.4. The second-order valence-corrected chi connectivity index (χ2v) is 3.96. The van der Waals surface area contributed by atoms with Crippen molar-refractivity contribution in [1.29, 1.82) is 0 Å². The van der Waals surface area contributed by atoms with Crippen molar-refractivity contribution in [3.8, 4) is 0 Å². The molecule has 0 fully saturated rings. The van der Waals surface area contributed by atoms with Crippen LogP contribution in [0.2, 0.25) is 0 Å². The van der Waals surface area contributed by atoms with Gasteiger partial charge in [0, 0.05) is 17.8 Å². The van der Waals surface area contributed by atoms with E-state index in [9.17, 15) is 24.8 Å². The Bertz CT molecular complexity index is 531. The zero-order chi connectivity index (χ0) is 15.3. The van der Waals surface area contributed by atoms with Crippen molar-refractivity contribution < 1.29 is 24.7 Å². The van der Waals surface area contributed by atoms with Gasteiger partial charge in [0.2, 0.25) is 0 Å². The average Bonchev–Trinajstić information content (AvgIpc) is 2.35. The lowest BCUT2D eigenvalue weighted by Gasteiger charge is -2.17. The molecule has 2 amide bonds. The van der Waals surface area contributed by atoms with Gasteiger partial charge in [0.05, 0.1) is 11.0 Å². The number of carboxylic acids is 1. The maximum atomic E-state index is 11.5. The number of non-ortho nitro benzene ring substituents is 1. The van der Waals surface area contributed by atoms with Crippen molar-refractivity contribution in [2.75, 3.05) is 5.32 Å². The predicted octanol–water partition coefficient (Wildman–Crippen LogP) is 0.550. The van der Waals surface area contributed by atoms with Crippen LogP contribution >= 0.6 is 0 Å². The van der Waals surface area contributed by atoms with Gasteiger partial charge in [-0.3, -0.25) is 10.1 Å². The van der Waals surface area contributed by atoms with Gasteiger partial charge in [-0.15, -0.1) is 0 Å². The molecule has 0 saturated heterocycles. The monoisotopic (exact) mass is 283 g/mol. The Balaban J connectivity index is 2.73. The molecule has 0 aliphatic rings. The number of aliphatic hydroxyl groups is 1. The van der Waals surface area contributed by atoms with Crippen LogP contribution in [0.5, 0.6) is 0 Å². The molecule has 0 aliphatic carbocycles. The van der Waals surface area contributed by atoms with E-state index >= 15 is 0 Å². The zero-order valence-electron chi connectivity index (χ0n) is 10.4. The number of nitro benzene ring substituents is 1. The molecule has 20 heavy (non-hydrogen) atoms. The minimum Gasteiger partial charge on any atom is -0.480 e. The topological polar surface area (TPSA) is 142 Å². The highest BCUT2D eigenvalue weighted by Gasteiger charge is 2.25. The maximum Gasteiger partial charge on any atom is 0.328 e. The molecule has 0 bridgehead atoms. The molecule has 1 rings (SSSR count). The number of nitrogens with one attached hydrogen (secondary N) is 2. The third kappa shape index (κ3) is 4.21. The number of carbonyl (C=O) groups excluding carboxylic acids is 1. The third-order valence-electron chi connectivity index (χ3n) is 2.35. The van der Waals surface area contributed by atoms with Gasteiger partial charge in [-0.1, -0.05) is 6.07 Å². The molecule has 0 radical (unpaired) electrons. The van der Waals surface area contributed by atoms with Crippen molar-refractivity contribution >= 4 is 23.4 Å². The van der Waals surface area contributed by atoms with E-state index in [4.69, 9.17) is 5.11 Å². The van der Waals surface area contributed by atoms with Crippen LogP contribution < -0.4 is 10.6 Å². The summed E-state index contributed by atoms with van der Waals surface area (Å²) in [4.78, 5) is 32.3. The minimum atomic E-state index is -1.48. The number of carboxylic acid groups (broad SMARTS) is 1. The highest BCUT2D eigenvalue weighted by atomic mass is 16.6. The van der Waals surface area contributed by atoms with Crippen LogP contribution in [0.1, 0.15) is 6.92 Å². The summed E-state index contributed by atoms with van der Waals surface area (Å²) in [5, 5.41) is 32.8. The van der Waals surface area contributed by atoms with E-state index in [1.165, 1.54) is 25.1 Å². The minimum absolute atomic E-state index is 0.131. The molecular weight excluding hydrogens is 270 g/mol. The standard InChI is InChI=1S/C11H13N3O6/c1-6(15)9(10(16)17)13-11(18)12-7-3-2-4-8(5-7)14(19)20/h2-6,9,15H,1H3,(H,16,17)(H2,12,13,18). The van der Waals surface area contributed by atoms with E-state index in [1.54, 1.807) is 0 Å². The van der Waals surface area contributed by atoms with Crippen LogP contribution in [0, 0.1) is 10.1 Å². The van der Waals surface area contributed by atoms with Crippen molar-refractivity contribution in [2.45, 2.75) is 19.1 Å². The second kappa shape index (κ2) is 6.48. The van der Waals surface area contributed by atoms with Gasteiger partial charge in [0.1, 0.15) is 0 Å². The summed E-state index contributed by atoms with van der Waals surface area (Å²) in [7, 11) is 0. The fourth-order valence-corrected chi connectivity index (χ4v) is 1.39. The number of aliphatic carboxylic acids is 1. The molecule has 2 unspecified atom stereocenters. The van der Waals surface area contributed by atoms with Gasteiger partial charge in [0.25, 0.3) is 5.69 Å². The molecule has 108 valence electrons. The second-order valence-electron chi connectivity index (χ2n) is 3.96. The van der Waals surface area contributed by atoms with Gasteiger partial charge in [-0.25, -0.2) is 9.59 Å². The number of rotatable bonds is 5. The molecule has 9 heteroatoms. The lowest BCUT2D eigenvalue weighted by Crippen LogP contribution is -2.49. The number of carbonyl (C=O) groups is 2. The molecular formula is C11H13N3O6. The quantitative estimate of drug-likeness (QED) is 0.459. The summed E-state index contributed by atoms with van der Waals surface area (Å²) in [5.74, 6) is -1.39. The Morgan fingerprint density at radius 2 is 2.05 bits per heavy atom. The number of nitrogens with zero attached hydrogens (tertiary/aromatic N) is 1. The summed E-state index contributed by atoms with van der Waals surface area (Å²) in [6.45, 7) is 1.21. The van der Waals surface area contributed by atoms with Crippen LogP contribution in [0.4, 0.5) is 16.2 Å². The molecule has 0 heterocycles. The van der Waals surface area contributed by atoms with Gasteiger partial charge < -0.3 is 20.8 Å². The number of hydrogen-bond acceptors (Lipinski definition) is 5. The van der Waals surface area contributed by atoms with Crippen molar-refractivity contribution in [2.24, 2.45) is 0 Å². The van der Waals surface area contributed by atoms with Crippen LogP contribution in [0.15, 0.2) is 24.3 Å². The number of urea groups is 1. The molecule has 0 saturated carbocycles. The van der Waals surface area contributed by atoms with Gasteiger partial charge in [0.15, 0.2) is 6.04 Å². The van der Waals surface area contributed by atoms with Gasteiger partial charge in [-0.05, 0) is 13.0 Å². The molecule has 0 aliphatic heterocycles. The van der Waals surface area contributed by atoms with E-state index in [-0.39, 0.29) is 11.4 Å². The largest absolute Gasteiger partial charge is 0.480 e. The Morgan fingerprint density at radius 3 is 2.55 bits per heavy atom. The molecule has 4 N–H and O–H groups in total. The van der Waals surface area contributed by atoms with Crippen molar-refractivity contribution in [3.05, 3.63) is 34.4 Å². The number of nitro groups is 1. The Hall–Kier alpha value is -2.68. The number of anilines is 1. The molecule has 0 spiro atoms. The number of aliphatic hydroxyl groups excluding tert-OH is 1. The Kier molecular flexibility index (Phi) is 4.98. The normalized spacial score (nSPS) is 13.1. The van der Waals surface area contributed by atoms with E-state index in [2.05, 4.69) is 5.32 Å². The van der Waals surface area contributed by atoms with Crippen LogP contribution in [0.3, 0.4) is 0 Å². The van der Waals surface area contributed by atoms with Gasteiger partial charge in [-0.2, -0.15) is 0 Å². The summed E-state index contributed by atoms with van der Waals surface area (Å²) >= 11 is 0. The van der Waals surface area contributed by atoms with Crippen molar-refractivity contribution in [1.82, 2.24) is 5.32 Å². The van der Waals surface area contributed by atoms with E-state index in [0.29, 0.717) is 0 Å². The highest BCUT2D eigenvalue weighted by molar-refractivity contribution is 5.92. The van der Waals surface area contributed by atoms with E-state index in [0.717, 1.165) is 6.07 Å². The molecule has 1 aromatic carbocycles. The Morgan fingerprint density at radius 1 is 1.40 bits per heavy atom. The first-order chi connectivity index (χ1) is 9.31. The number of amides is 2. The summed E-state index contributed by atoms with van der Waals surface area (Å²) in [5.41, 5.74) is -0.0838. The summed E-state index contributed by atoms with van der Waals surface area (Å²) in [6, 6.07) is 2.78. The smallest absolute Gasteiger partial charge is 0.328 e. The van der Waals surface area contributed by atoms with Crippen LogP contribution in [0.25, 0.3) is 0 Å². The highest BCUT2D eigenvalue weighted by Crippen LogP contribution is 2.16. The molecule has 9 nitrogen and oxygen atoms in total. The number of hydrogen-bond donors (Lipinski definition) is 4. The first-order valence-corrected chi connectivity index (χ1v) is 5.54. The number of benzene rings is 1. The SMILES string of the molecule is CC(O)C(NC(=O)Nc1cccc([N+](=O)[O-])c1)C(=O)O. The third-order valence-corrected chi connectivity index (χ3v) is 2.35. The van der Waals surface area contributed by atoms with Crippen LogP contribution in [-0.4, -0.2) is 39.3 Å². The predicted molar refractivity (Wildman–Crippen MR) is 68.4 cm³/mol. The fourth-order valence-electron chi connectivity index (χ4n) is 1.39. The summed E-state index contributed by atoms with van der Waals surface area (Å²) in [6.07, 6.45) is -1.29. The fraction of sp³-hybridized carbons (Fsp3) is 0.273. The lowest BCUT2D eigenvalue weighted by atomic mass is 10.2. The summed E-state index contributed by atoms with van der Waals surface area (Å²) < 4.78 is 0. The van der Waals surface area contributed by atoms with Crippen molar-refractivity contribution in [3.63, 3.8) is 0 Å². The maximum absolute atomic E-state index is 11.5. The first-order valence-electron chi connectivity index (χ1n) is 5.54. The average molecular weight is 283 g/mol. The van der Waals surface area contributed by atoms with Gasteiger partial charge >= 0.3 is 12.0 Å². The molecule has 1 aromatic rings. The van der Waals surface area contributed by atoms with Crippen LogP contribution in [-0.2, 0) is 4.79 Å². The Labute approximate surface area is 113 Å². The molecule has 0 aromatic heterocycles.